The minimum atomic E-state index is -0.0989. The van der Waals surface area contributed by atoms with Crippen molar-refractivity contribution >= 4 is 45.7 Å². The number of amides is 1. The summed E-state index contributed by atoms with van der Waals surface area (Å²) in [5.41, 5.74) is 1.85. The number of nitrogens with one attached hydrogen (secondary N) is 1. The number of thioether (sulfide) groups is 1. The highest BCUT2D eigenvalue weighted by Crippen LogP contribution is 2.31. The highest BCUT2D eigenvalue weighted by atomic mass is 35.5. The predicted molar refractivity (Wildman–Crippen MR) is 135 cm³/mol. The van der Waals surface area contributed by atoms with Crippen LogP contribution in [-0.4, -0.2) is 31.4 Å². The van der Waals surface area contributed by atoms with E-state index in [0.29, 0.717) is 10.2 Å². The van der Waals surface area contributed by atoms with Crippen molar-refractivity contribution in [2.75, 3.05) is 11.1 Å². The molecule has 0 aliphatic rings. The first-order chi connectivity index (χ1) is 15.5. The number of hydrogen-bond donors (Lipinski definition) is 1. The quantitative estimate of drug-likeness (QED) is 0.227. The molecule has 0 saturated heterocycles. The molecule has 3 rings (SSSR count). The molecule has 1 aromatic carbocycles. The van der Waals surface area contributed by atoms with Gasteiger partial charge in [-0.1, -0.05) is 68.1 Å². The van der Waals surface area contributed by atoms with E-state index in [-0.39, 0.29) is 11.7 Å². The largest absolute Gasteiger partial charge is 0.306 e. The molecule has 2 heterocycles. The molecule has 6 nitrogen and oxygen atoms in total. The van der Waals surface area contributed by atoms with E-state index in [9.17, 15) is 4.79 Å². The molecule has 9 heteroatoms. The maximum Gasteiger partial charge on any atom is 0.236 e. The van der Waals surface area contributed by atoms with E-state index < -0.39 is 0 Å². The van der Waals surface area contributed by atoms with Crippen molar-refractivity contribution in [1.82, 2.24) is 19.7 Å². The van der Waals surface area contributed by atoms with Crippen LogP contribution in [0.4, 0.5) is 5.13 Å². The lowest BCUT2D eigenvalue weighted by Gasteiger charge is -2.07. The molecular formula is C23H30ClN5OS2. The fourth-order valence-electron chi connectivity index (χ4n) is 3.43. The zero-order valence-corrected chi connectivity index (χ0v) is 21.2. The van der Waals surface area contributed by atoms with Gasteiger partial charge in [-0.2, -0.15) is 0 Å². The summed E-state index contributed by atoms with van der Waals surface area (Å²) in [5, 5.41) is 13.7. The minimum absolute atomic E-state index is 0.0989. The summed E-state index contributed by atoms with van der Waals surface area (Å²) in [6.07, 6.45) is 7.09. The third kappa shape index (κ3) is 6.80. The molecule has 32 heavy (non-hydrogen) atoms. The van der Waals surface area contributed by atoms with Crippen LogP contribution in [0.1, 0.15) is 56.7 Å². The summed E-state index contributed by atoms with van der Waals surface area (Å²) in [7, 11) is 0. The fourth-order valence-corrected chi connectivity index (χ4v) is 5.23. The van der Waals surface area contributed by atoms with Crippen LogP contribution in [0.5, 0.6) is 0 Å². The number of thiazole rings is 1. The van der Waals surface area contributed by atoms with Gasteiger partial charge in [0.2, 0.25) is 5.91 Å². The maximum atomic E-state index is 12.5. The van der Waals surface area contributed by atoms with E-state index in [0.717, 1.165) is 46.5 Å². The summed E-state index contributed by atoms with van der Waals surface area (Å²) >= 11 is 8.86. The SMILES string of the molecule is CCCCCCCc1nnc(SCC(=O)Nc2nc(-c3ccc(Cl)cc3)c(C)s2)n1CC. The third-order valence-corrected chi connectivity index (χ3v) is 7.21. The molecule has 0 spiro atoms. The Labute approximate surface area is 203 Å². The van der Waals surface area contributed by atoms with E-state index >= 15 is 0 Å². The van der Waals surface area contributed by atoms with Crippen LogP contribution in [0.15, 0.2) is 29.4 Å². The second-order valence-electron chi connectivity index (χ2n) is 7.57. The van der Waals surface area contributed by atoms with Crippen LogP contribution in [-0.2, 0) is 17.8 Å². The second-order valence-corrected chi connectivity index (χ2v) is 10.2. The number of hydrogen-bond acceptors (Lipinski definition) is 6. The molecule has 2 aromatic heterocycles. The van der Waals surface area contributed by atoms with Gasteiger partial charge in [0, 0.05) is 28.4 Å². The lowest BCUT2D eigenvalue weighted by atomic mass is 10.1. The molecule has 0 aliphatic heterocycles. The highest BCUT2D eigenvalue weighted by molar-refractivity contribution is 7.99. The maximum absolute atomic E-state index is 12.5. The van der Waals surface area contributed by atoms with Crippen molar-refractivity contribution in [3.8, 4) is 11.3 Å². The van der Waals surface area contributed by atoms with Gasteiger partial charge in [-0.3, -0.25) is 4.79 Å². The second kappa shape index (κ2) is 12.4. The van der Waals surface area contributed by atoms with Crippen LogP contribution in [0.25, 0.3) is 11.3 Å². The number of rotatable bonds is 12. The summed E-state index contributed by atoms with van der Waals surface area (Å²) in [6, 6.07) is 7.55. The molecule has 0 fully saturated rings. The molecule has 3 aromatic rings. The first-order valence-corrected chi connectivity index (χ1v) is 13.3. The standard InChI is InChI=1S/C23H30ClN5OS2/c1-4-6-7-8-9-10-19-27-28-23(29(19)5-2)31-15-20(30)25-22-26-21(16(3)32-22)17-11-13-18(24)14-12-17/h11-14H,4-10,15H2,1-3H3,(H,25,26,30). The number of benzene rings is 1. The molecule has 0 atom stereocenters. The predicted octanol–water partition coefficient (Wildman–Crippen LogP) is 6.63. The van der Waals surface area contributed by atoms with Gasteiger partial charge in [-0.15, -0.1) is 21.5 Å². The van der Waals surface area contributed by atoms with E-state index in [2.05, 4.69) is 38.9 Å². The Hall–Kier alpha value is -1.90. The molecule has 0 bridgehead atoms. The average Bonchev–Trinajstić information content (AvgIpc) is 3.35. The van der Waals surface area contributed by atoms with Crippen molar-refractivity contribution in [2.45, 2.75) is 71.0 Å². The monoisotopic (exact) mass is 491 g/mol. The van der Waals surface area contributed by atoms with Crippen LogP contribution < -0.4 is 5.32 Å². The Morgan fingerprint density at radius 3 is 2.59 bits per heavy atom. The van der Waals surface area contributed by atoms with Gasteiger partial charge >= 0.3 is 0 Å². The Balaban J connectivity index is 1.54. The zero-order valence-electron chi connectivity index (χ0n) is 18.9. The van der Waals surface area contributed by atoms with Crippen LogP contribution >= 0.6 is 34.7 Å². The average molecular weight is 492 g/mol. The van der Waals surface area contributed by atoms with E-state index in [1.165, 1.54) is 48.8 Å². The van der Waals surface area contributed by atoms with Gasteiger partial charge < -0.3 is 9.88 Å². The Kier molecular flexibility index (Phi) is 9.56. The van der Waals surface area contributed by atoms with Crippen molar-refractivity contribution in [2.24, 2.45) is 0 Å². The lowest BCUT2D eigenvalue weighted by Crippen LogP contribution is -2.14. The topological polar surface area (TPSA) is 72.7 Å². The lowest BCUT2D eigenvalue weighted by molar-refractivity contribution is -0.113. The van der Waals surface area contributed by atoms with Crippen molar-refractivity contribution < 1.29 is 4.79 Å². The third-order valence-electron chi connectivity index (χ3n) is 5.11. The first kappa shape index (κ1) is 24.7. The van der Waals surface area contributed by atoms with Gasteiger partial charge in [0.25, 0.3) is 0 Å². The number of nitrogens with zero attached hydrogens (tertiary/aromatic N) is 4. The number of aryl methyl sites for hydroxylation is 2. The van der Waals surface area contributed by atoms with Gasteiger partial charge in [0.15, 0.2) is 10.3 Å². The molecule has 0 aliphatic carbocycles. The van der Waals surface area contributed by atoms with Crippen LogP contribution in [0.3, 0.4) is 0 Å². The normalized spacial score (nSPS) is 11.1. The smallest absolute Gasteiger partial charge is 0.236 e. The summed E-state index contributed by atoms with van der Waals surface area (Å²) in [5.74, 6) is 1.18. The van der Waals surface area contributed by atoms with Crippen molar-refractivity contribution in [3.63, 3.8) is 0 Å². The summed E-state index contributed by atoms with van der Waals surface area (Å²) < 4.78 is 2.12. The fraction of sp³-hybridized carbons (Fsp3) is 0.478. The van der Waals surface area contributed by atoms with E-state index in [1.54, 1.807) is 0 Å². The number of aromatic nitrogens is 4. The molecule has 0 unspecified atom stereocenters. The number of carbonyl (C=O) groups is 1. The van der Waals surface area contributed by atoms with Gasteiger partial charge in [-0.05, 0) is 32.4 Å². The first-order valence-electron chi connectivity index (χ1n) is 11.1. The van der Waals surface area contributed by atoms with Crippen LogP contribution in [0.2, 0.25) is 5.02 Å². The van der Waals surface area contributed by atoms with Crippen molar-refractivity contribution in [1.29, 1.82) is 0 Å². The Morgan fingerprint density at radius 2 is 1.88 bits per heavy atom. The molecular weight excluding hydrogens is 462 g/mol. The van der Waals surface area contributed by atoms with Gasteiger partial charge in [-0.25, -0.2) is 4.98 Å². The zero-order chi connectivity index (χ0) is 22.9. The number of unbranched alkanes of at least 4 members (excludes halogenated alkanes) is 4. The van der Waals surface area contributed by atoms with Crippen molar-refractivity contribution in [3.05, 3.63) is 40.0 Å². The van der Waals surface area contributed by atoms with Crippen LogP contribution in [0, 0.1) is 6.92 Å². The van der Waals surface area contributed by atoms with Gasteiger partial charge in [0.1, 0.15) is 5.82 Å². The molecule has 0 saturated carbocycles. The highest BCUT2D eigenvalue weighted by Gasteiger charge is 2.15. The summed E-state index contributed by atoms with van der Waals surface area (Å²) in [6.45, 7) is 7.11. The molecule has 1 amide bonds. The minimum Gasteiger partial charge on any atom is -0.306 e. The number of anilines is 1. The van der Waals surface area contributed by atoms with E-state index in [4.69, 9.17) is 11.6 Å². The molecule has 0 radical (unpaired) electrons. The Morgan fingerprint density at radius 1 is 1.12 bits per heavy atom. The van der Waals surface area contributed by atoms with E-state index in [1.807, 2.05) is 31.2 Å². The molecule has 172 valence electrons. The number of carbonyl (C=O) groups excluding carboxylic acids is 1. The van der Waals surface area contributed by atoms with Gasteiger partial charge in [0.05, 0.1) is 11.4 Å². The number of halogens is 1. The Bertz CT molecular complexity index is 1020. The molecule has 1 N–H and O–H groups in total. The summed E-state index contributed by atoms with van der Waals surface area (Å²) in [4.78, 5) is 18.2.